The fourth-order valence-corrected chi connectivity index (χ4v) is 4.52. The first-order valence-electron chi connectivity index (χ1n) is 12.0. The molecule has 2 aromatic heterocycles. The van der Waals surface area contributed by atoms with E-state index < -0.39 is 0 Å². The molecule has 4 nitrogen and oxygen atoms in total. The first-order valence-corrected chi connectivity index (χ1v) is 12.0. The highest BCUT2D eigenvalue weighted by Gasteiger charge is 2.15. The maximum atomic E-state index is 12.6. The second kappa shape index (κ2) is 9.52. The molecule has 0 fully saturated rings. The van der Waals surface area contributed by atoms with Gasteiger partial charge in [0.15, 0.2) is 0 Å². The number of nitrogens with zero attached hydrogens (tertiary/aromatic N) is 1. The zero-order valence-corrected chi connectivity index (χ0v) is 19.7. The Balaban J connectivity index is 1.38. The highest BCUT2D eigenvalue weighted by atomic mass is 16.1. The molecule has 0 saturated carbocycles. The Kier molecular flexibility index (Phi) is 6.13. The van der Waals surface area contributed by atoms with E-state index in [1.807, 2.05) is 30.3 Å². The van der Waals surface area contributed by atoms with Crippen molar-refractivity contribution >= 4 is 33.4 Å². The van der Waals surface area contributed by atoms with Crippen LogP contribution in [0.2, 0.25) is 0 Å². The van der Waals surface area contributed by atoms with E-state index in [0.29, 0.717) is 6.42 Å². The molecule has 170 valence electrons. The number of carbonyl (C=O) groups excluding carboxylic acids is 1. The van der Waals surface area contributed by atoms with Crippen molar-refractivity contribution in [3.05, 3.63) is 95.6 Å². The summed E-state index contributed by atoms with van der Waals surface area (Å²) in [4.78, 5) is 21.1. The van der Waals surface area contributed by atoms with E-state index in [-0.39, 0.29) is 5.91 Å². The van der Waals surface area contributed by atoms with E-state index in [9.17, 15) is 4.79 Å². The summed E-state index contributed by atoms with van der Waals surface area (Å²) in [6, 6.07) is 26.9. The number of pyridine rings is 1. The molecule has 3 aromatic carbocycles. The molecule has 2 N–H and O–H groups in total. The maximum Gasteiger partial charge on any atom is 0.224 e. The molecular weight excluding hydrogens is 418 g/mol. The van der Waals surface area contributed by atoms with Gasteiger partial charge in [-0.15, -0.1) is 0 Å². The largest absolute Gasteiger partial charge is 0.353 e. The van der Waals surface area contributed by atoms with Gasteiger partial charge in [-0.05, 0) is 73.7 Å². The molecule has 0 saturated heterocycles. The summed E-state index contributed by atoms with van der Waals surface area (Å²) in [5.41, 5.74) is 8.62. The van der Waals surface area contributed by atoms with Crippen molar-refractivity contribution in [1.29, 1.82) is 0 Å². The van der Waals surface area contributed by atoms with Gasteiger partial charge in [0, 0.05) is 28.4 Å². The minimum absolute atomic E-state index is 0.0469. The molecule has 0 radical (unpaired) electrons. The molecule has 5 aromatic rings. The van der Waals surface area contributed by atoms with Gasteiger partial charge in [-0.25, -0.2) is 4.98 Å². The van der Waals surface area contributed by atoms with Crippen LogP contribution in [0.1, 0.15) is 36.5 Å². The summed E-state index contributed by atoms with van der Waals surface area (Å²) < 4.78 is 0. The number of benzene rings is 3. The van der Waals surface area contributed by atoms with Crippen LogP contribution in [0.3, 0.4) is 0 Å². The van der Waals surface area contributed by atoms with Crippen LogP contribution in [-0.4, -0.2) is 15.9 Å². The lowest BCUT2D eigenvalue weighted by atomic mass is 10.0. The van der Waals surface area contributed by atoms with Gasteiger partial charge in [0.1, 0.15) is 0 Å². The Labute approximate surface area is 200 Å². The number of nitrogens with one attached hydrogen (secondary N) is 2. The molecule has 34 heavy (non-hydrogen) atoms. The predicted octanol–water partition coefficient (Wildman–Crippen LogP) is 7.22. The number of fused-ring (bicyclic) bond motifs is 2. The summed E-state index contributed by atoms with van der Waals surface area (Å²) in [6.45, 7) is 4.24. The molecule has 0 aliphatic rings. The molecule has 2 heterocycles. The van der Waals surface area contributed by atoms with Crippen molar-refractivity contribution < 1.29 is 4.79 Å². The minimum Gasteiger partial charge on any atom is -0.353 e. The molecule has 4 heteroatoms. The van der Waals surface area contributed by atoms with E-state index in [0.717, 1.165) is 52.8 Å². The van der Waals surface area contributed by atoms with Crippen LogP contribution in [0.5, 0.6) is 0 Å². The van der Waals surface area contributed by atoms with Gasteiger partial charge >= 0.3 is 0 Å². The van der Waals surface area contributed by atoms with Crippen LogP contribution in [-0.2, 0) is 17.6 Å². The highest BCUT2D eigenvalue weighted by Crippen LogP contribution is 2.32. The Morgan fingerprint density at radius 1 is 0.971 bits per heavy atom. The number of hydrogen-bond donors (Lipinski definition) is 2. The molecular formula is C30H29N3O. The monoisotopic (exact) mass is 447 g/mol. The lowest BCUT2D eigenvalue weighted by Gasteiger charge is -2.08. The van der Waals surface area contributed by atoms with Crippen molar-refractivity contribution in [2.45, 2.75) is 39.5 Å². The van der Waals surface area contributed by atoms with Crippen molar-refractivity contribution in [2.75, 3.05) is 5.32 Å². The number of amides is 1. The SMILES string of the molecule is CCc1ccc(NC(=O)CCCc2c(-c3ccc4ccccc4n3)[nH]c3ccc(C)cc23)cc1. The Hall–Kier alpha value is -3.92. The number of para-hydroxylation sites is 1. The first-order chi connectivity index (χ1) is 16.6. The van der Waals surface area contributed by atoms with Gasteiger partial charge in [0.05, 0.1) is 16.9 Å². The predicted molar refractivity (Wildman–Crippen MR) is 141 cm³/mol. The number of aromatic nitrogens is 2. The first kappa shape index (κ1) is 21.9. The number of H-pyrrole nitrogens is 1. The third-order valence-electron chi connectivity index (χ3n) is 6.39. The van der Waals surface area contributed by atoms with Crippen LogP contribution < -0.4 is 5.32 Å². The van der Waals surface area contributed by atoms with E-state index in [1.54, 1.807) is 0 Å². The number of hydrogen-bond acceptors (Lipinski definition) is 2. The molecule has 1 amide bonds. The van der Waals surface area contributed by atoms with Crippen molar-refractivity contribution in [3.63, 3.8) is 0 Å². The van der Waals surface area contributed by atoms with Crippen LogP contribution in [0.25, 0.3) is 33.2 Å². The molecule has 0 bridgehead atoms. The van der Waals surface area contributed by atoms with Crippen LogP contribution in [0, 0.1) is 6.92 Å². The Morgan fingerprint density at radius 2 is 1.79 bits per heavy atom. The molecule has 5 rings (SSSR count). The van der Waals surface area contributed by atoms with Gasteiger partial charge in [-0.1, -0.05) is 55.0 Å². The lowest BCUT2D eigenvalue weighted by Crippen LogP contribution is -2.11. The third-order valence-corrected chi connectivity index (χ3v) is 6.39. The Morgan fingerprint density at radius 3 is 2.62 bits per heavy atom. The topological polar surface area (TPSA) is 57.8 Å². The van der Waals surface area contributed by atoms with Crippen LogP contribution >= 0.6 is 0 Å². The molecule has 0 spiro atoms. The molecule has 0 aliphatic carbocycles. The van der Waals surface area contributed by atoms with E-state index in [2.05, 4.69) is 72.7 Å². The normalized spacial score (nSPS) is 11.2. The fraction of sp³-hybridized carbons (Fsp3) is 0.200. The van der Waals surface area contributed by atoms with Crippen LogP contribution in [0.15, 0.2) is 78.9 Å². The Bertz CT molecular complexity index is 1460. The van der Waals surface area contributed by atoms with Gasteiger partial charge in [-0.3, -0.25) is 4.79 Å². The molecule has 0 unspecified atom stereocenters. The lowest BCUT2D eigenvalue weighted by molar-refractivity contribution is -0.116. The summed E-state index contributed by atoms with van der Waals surface area (Å²) >= 11 is 0. The van der Waals surface area contributed by atoms with Crippen molar-refractivity contribution in [3.8, 4) is 11.4 Å². The third kappa shape index (κ3) is 4.58. The minimum atomic E-state index is 0.0469. The maximum absolute atomic E-state index is 12.6. The smallest absolute Gasteiger partial charge is 0.224 e. The zero-order chi connectivity index (χ0) is 23.5. The molecule has 0 atom stereocenters. The standard InChI is InChI=1S/C30H29N3O/c1-3-21-12-15-23(16-13-21)31-29(34)10-6-8-24-25-19-20(2)11-17-27(25)33-30(24)28-18-14-22-7-4-5-9-26(22)32-28/h4-5,7,9,11-19,33H,3,6,8,10H2,1-2H3,(H,31,34). The number of aryl methyl sites for hydroxylation is 3. The van der Waals surface area contributed by atoms with E-state index in [4.69, 9.17) is 4.98 Å². The van der Waals surface area contributed by atoms with Crippen molar-refractivity contribution in [1.82, 2.24) is 9.97 Å². The van der Waals surface area contributed by atoms with Crippen LogP contribution in [0.4, 0.5) is 5.69 Å². The number of carbonyl (C=O) groups is 1. The van der Waals surface area contributed by atoms with E-state index >= 15 is 0 Å². The highest BCUT2D eigenvalue weighted by molar-refractivity contribution is 5.93. The zero-order valence-electron chi connectivity index (χ0n) is 19.7. The summed E-state index contributed by atoms with van der Waals surface area (Å²) in [5.74, 6) is 0.0469. The second-order valence-electron chi connectivity index (χ2n) is 8.87. The summed E-state index contributed by atoms with van der Waals surface area (Å²) in [5, 5.41) is 5.36. The van der Waals surface area contributed by atoms with Gasteiger partial charge in [0.2, 0.25) is 5.91 Å². The quantitative estimate of drug-likeness (QED) is 0.277. The van der Waals surface area contributed by atoms with Gasteiger partial charge in [0.25, 0.3) is 0 Å². The summed E-state index contributed by atoms with van der Waals surface area (Å²) in [6.07, 6.45) is 3.03. The second-order valence-corrected chi connectivity index (χ2v) is 8.87. The number of aromatic amines is 1. The van der Waals surface area contributed by atoms with E-state index in [1.165, 1.54) is 22.1 Å². The average Bonchev–Trinajstić information content (AvgIpc) is 3.22. The van der Waals surface area contributed by atoms with Gasteiger partial charge < -0.3 is 10.3 Å². The molecule has 0 aliphatic heterocycles. The van der Waals surface area contributed by atoms with Crippen molar-refractivity contribution in [2.24, 2.45) is 0 Å². The fourth-order valence-electron chi connectivity index (χ4n) is 4.52. The number of rotatable bonds is 7. The summed E-state index contributed by atoms with van der Waals surface area (Å²) in [7, 11) is 0. The van der Waals surface area contributed by atoms with Gasteiger partial charge in [-0.2, -0.15) is 0 Å². The average molecular weight is 448 g/mol. The number of anilines is 1.